The summed E-state index contributed by atoms with van der Waals surface area (Å²) < 4.78 is 45.7. The van der Waals surface area contributed by atoms with Gasteiger partial charge in [-0.25, -0.2) is 4.39 Å². The van der Waals surface area contributed by atoms with Crippen LogP contribution in [0.15, 0.2) is 12.1 Å². The van der Waals surface area contributed by atoms with Crippen LogP contribution in [0.3, 0.4) is 0 Å². The SMILES string of the molecule is COc1ccc(Cc2c(O[C@]3(O)O[C@H](CO)[C@@H](O)[C@H](O)[C@H]3O)nn(C(C)C)c2C)c(F)c1F. The molecule has 10 nitrogen and oxygen atoms in total. The number of methoxy groups -OCH3 is 1. The summed E-state index contributed by atoms with van der Waals surface area (Å²) in [4.78, 5) is 0. The van der Waals surface area contributed by atoms with E-state index in [0.717, 1.165) is 0 Å². The molecule has 184 valence electrons. The van der Waals surface area contributed by atoms with Gasteiger partial charge in [-0.2, -0.15) is 4.39 Å². The van der Waals surface area contributed by atoms with Gasteiger partial charge in [0.25, 0.3) is 0 Å². The molecule has 1 aromatic heterocycles. The smallest absolute Gasteiger partial charge is 0.356 e. The fraction of sp³-hybridized carbons (Fsp3) is 0.571. The second-order valence-electron chi connectivity index (χ2n) is 8.14. The molecule has 0 spiro atoms. The minimum Gasteiger partial charge on any atom is -0.494 e. The molecular weight excluding hydrogens is 446 g/mol. The Morgan fingerprint density at radius 3 is 2.42 bits per heavy atom. The fourth-order valence-corrected chi connectivity index (χ4v) is 3.72. The zero-order valence-electron chi connectivity index (χ0n) is 18.6. The third-order valence-electron chi connectivity index (χ3n) is 5.61. The van der Waals surface area contributed by atoms with Gasteiger partial charge < -0.3 is 39.7 Å². The van der Waals surface area contributed by atoms with E-state index < -0.39 is 48.6 Å². The van der Waals surface area contributed by atoms with Crippen LogP contribution in [0.25, 0.3) is 0 Å². The lowest BCUT2D eigenvalue weighted by Gasteiger charge is -2.43. The van der Waals surface area contributed by atoms with Crippen molar-refractivity contribution in [2.45, 2.75) is 63.6 Å². The lowest BCUT2D eigenvalue weighted by Crippen LogP contribution is -2.67. The first kappa shape index (κ1) is 25.3. The fourth-order valence-electron chi connectivity index (χ4n) is 3.72. The molecule has 2 aromatic rings. The molecule has 12 heteroatoms. The third-order valence-corrected chi connectivity index (χ3v) is 5.61. The van der Waals surface area contributed by atoms with Crippen molar-refractivity contribution in [2.24, 2.45) is 0 Å². The van der Waals surface area contributed by atoms with Crippen LogP contribution in [0.4, 0.5) is 8.78 Å². The molecule has 5 atom stereocenters. The molecule has 1 aliphatic heterocycles. The predicted octanol–water partition coefficient (Wildman–Crippen LogP) is 0.149. The molecule has 0 unspecified atom stereocenters. The van der Waals surface area contributed by atoms with Gasteiger partial charge in [0.15, 0.2) is 17.7 Å². The van der Waals surface area contributed by atoms with Gasteiger partial charge in [0.1, 0.15) is 18.3 Å². The summed E-state index contributed by atoms with van der Waals surface area (Å²) in [7, 11) is 1.21. The van der Waals surface area contributed by atoms with Crippen LogP contribution in [0, 0.1) is 18.6 Å². The van der Waals surface area contributed by atoms with Crippen LogP contribution in [-0.2, 0) is 11.2 Å². The van der Waals surface area contributed by atoms with E-state index >= 15 is 0 Å². The first-order chi connectivity index (χ1) is 15.4. The molecule has 0 radical (unpaired) electrons. The summed E-state index contributed by atoms with van der Waals surface area (Å²) >= 11 is 0. The van der Waals surface area contributed by atoms with Crippen LogP contribution >= 0.6 is 0 Å². The Morgan fingerprint density at radius 1 is 1.18 bits per heavy atom. The number of hydrogen-bond acceptors (Lipinski definition) is 9. The van der Waals surface area contributed by atoms with Crippen LogP contribution in [0.5, 0.6) is 11.6 Å². The number of aromatic nitrogens is 2. The first-order valence-corrected chi connectivity index (χ1v) is 10.3. The number of ether oxygens (including phenoxy) is 3. The molecule has 5 N–H and O–H groups in total. The van der Waals surface area contributed by atoms with E-state index in [-0.39, 0.29) is 35.2 Å². The van der Waals surface area contributed by atoms with Gasteiger partial charge in [0, 0.05) is 23.7 Å². The van der Waals surface area contributed by atoms with Gasteiger partial charge in [-0.1, -0.05) is 6.07 Å². The minimum atomic E-state index is -2.90. The summed E-state index contributed by atoms with van der Waals surface area (Å²) in [6.45, 7) is 4.48. The van der Waals surface area contributed by atoms with Gasteiger partial charge in [-0.3, -0.25) is 4.68 Å². The van der Waals surface area contributed by atoms with E-state index in [1.54, 1.807) is 6.92 Å². The normalized spacial score (nSPS) is 27.8. The minimum absolute atomic E-state index is 0.0506. The van der Waals surface area contributed by atoms with Crippen molar-refractivity contribution in [1.82, 2.24) is 9.78 Å². The third kappa shape index (κ3) is 4.54. The average Bonchev–Trinajstić information content (AvgIpc) is 3.08. The second-order valence-corrected chi connectivity index (χ2v) is 8.14. The Morgan fingerprint density at radius 2 is 1.85 bits per heavy atom. The van der Waals surface area contributed by atoms with Crippen molar-refractivity contribution in [3.8, 4) is 11.6 Å². The van der Waals surface area contributed by atoms with Crippen molar-refractivity contribution in [1.29, 1.82) is 0 Å². The Bertz CT molecular complexity index is 999. The van der Waals surface area contributed by atoms with Crippen LogP contribution in [0.2, 0.25) is 0 Å². The molecule has 33 heavy (non-hydrogen) atoms. The Kier molecular flexibility index (Phi) is 7.27. The summed E-state index contributed by atoms with van der Waals surface area (Å²) in [6, 6.07) is 2.40. The monoisotopic (exact) mass is 474 g/mol. The van der Waals surface area contributed by atoms with Crippen LogP contribution < -0.4 is 9.47 Å². The van der Waals surface area contributed by atoms with Gasteiger partial charge in [-0.05, 0) is 32.4 Å². The Labute approximate surface area is 188 Å². The number of benzene rings is 1. The molecule has 1 aliphatic rings. The van der Waals surface area contributed by atoms with E-state index in [4.69, 9.17) is 14.2 Å². The maximum atomic E-state index is 14.6. The standard InChI is InChI=1S/C21H28F2N2O8/c1-9(2)25-10(3)12(7-11-5-6-13(31-4)16(23)15(11)22)20(24-25)33-21(30)19(29)18(28)17(27)14(8-26)32-21/h5-6,9,14,17-19,26-30H,7-8H2,1-4H3/t14-,17-,18+,19-,21-/m1/s1. The molecule has 1 saturated heterocycles. The van der Waals surface area contributed by atoms with Gasteiger partial charge in [0.05, 0.1) is 13.7 Å². The summed E-state index contributed by atoms with van der Waals surface area (Å²) in [5, 5.41) is 54.7. The Hall–Kier alpha value is -2.35. The molecule has 2 heterocycles. The van der Waals surface area contributed by atoms with E-state index in [1.807, 2.05) is 13.8 Å². The molecular formula is C21H28F2N2O8. The van der Waals surface area contributed by atoms with Crippen LogP contribution in [-0.4, -0.2) is 79.4 Å². The van der Waals surface area contributed by atoms with Gasteiger partial charge in [0.2, 0.25) is 11.7 Å². The van der Waals surface area contributed by atoms with Crippen LogP contribution in [0.1, 0.15) is 36.7 Å². The summed E-state index contributed by atoms with van der Waals surface area (Å²) in [5.74, 6) is -5.74. The lowest BCUT2D eigenvalue weighted by molar-refractivity contribution is -0.423. The quantitative estimate of drug-likeness (QED) is 0.354. The number of rotatable bonds is 7. The molecule has 0 aliphatic carbocycles. The van der Waals surface area contributed by atoms with Crippen molar-refractivity contribution in [3.63, 3.8) is 0 Å². The molecule has 1 aromatic carbocycles. The van der Waals surface area contributed by atoms with Gasteiger partial charge >= 0.3 is 5.97 Å². The molecule has 1 fully saturated rings. The van der Waals surface area contributed by atoms with E-state index in [2.05, 4.69) is 5.10 Å². The molecule has 3 rings (SSSR count). The highest BCUT2D eigenvalue weighted by molar-refractivity contribution is 5.39. The molecule has 0 saturated carbocycles. The highest BCUT2D eigenvalue weighted by Gasteiger charge is 2.55. The van der Waals surface area contributed by atoms with E-state index in [1.165, 1.54) is 23.9 Å². The van der Waals surface area contributed by atoms with Crippen molar-refractivity contribution in [2.75, 3.05) is 13.7 Å². The zero-order chi connectivity index (χ0) is 24.7. The lowest BCUT2D eigenvalue weighted by atomic mass is 9.98. The number of aliphatic hydroxyl groups excluding tert-OH is 4. The van der Waals surface area contributed by atoms with E-state index in [9.17, 15) is 34.3 Å². The zero-order valence-corrected chi connectivity index (χ0v) is 18.6. The van der Waals surface area contributed by atoms with Crippen molar-refractivity contribution >= 4 is 0 Å². The second kappa shape index (κ2) is 9.49. The first-order valence-electron chi connectivity index (χ1n) is 10.3. The predicted molar refractivity (Wildman–Crippen MR) is 109 cm³/mol. The maximum absolute atomic E-state index is 14.6. The number of aliphatic hydroxyl groups is 5. The van der Waals surface area contributed by atoms with Crippen molar-refractivity contribution < 1.29 is 48.5 Å². The average molecular weight is 474 g/mol. The van der Waals surface area contributed by atoms with Gasteiger partial charge in [-0.15, -0.1) is 5.10 Å². The molecule has 0 amide bonds. The maximum Gasteiger partial charge on any atom is 0.356 e. The van der Waals surface area contributed by atoms with E-state index in [0.29, 0.717) is 5.69 Å². The highest BCUT2D eigenvalue weighted by atomic mass is 19.2. The number of nitrogens with zero attached hydrogens (tertiary/aromatic N) is 2. The topological polar surface area (TPSA) is 147 Å². The Balaban J connectivity index is 2.03. The highest BCUT2D eigenvalue weighted by Crippen LogP contribution is 2.35. The van der Waals surface area contributed by atoms with Crippen molar-refractivity contribution in [3.05, 3.63) is 40.6 Å². The summed E-state index contributed by atoms with van der Waals surface area (Å²) in [5.41, 5.74) is 0.701. The summed E-state index contributed by atoms with van der Waals surface area (Å²) in [6.07, 6.45) is -7.42. The number of halogens is 2. The number of hydrogen-bond donors (Lipinski definition) is 5. The largest absolute Gasteiger partial charge is 0.494 e. The molecule has 0 bridgehead atoms.